The highest BCUT2D eigenvalue weighted by Gasteiger charge is 2.33. The van der Waals surface area contributed by atoms with Crippen LogP contribution in [0, 0.1) is 0 Å². The van der Waals surface area contributed by atoms with E-state index in [0.717, 1.165) is 54.1 Å². The number of benzene rings is 2. The van der Waals surface area contributed by atoms with Crippen LogP contribution < -0.4 is 9.47 Å². The van der Waals surface area contributed by atoms with E-state index in [1.807, 2.05) is 54.6 Å². The highest BCUT2D eigenvalue weighted by molar-refractivity contribution is 6.30. The van der Waals surface area contributed by atoms with Crippen molar-refractivity contribution in [3.8, 4) is 17.4 Å². The third-order valence-corrected chi connectivity index (χ3v) is 7.51. The van der Waals surface area contributed by atoms with Gasteiger partial charge < -0.3 is 24.6 Å². The van der Waals surface area contributed by atoms with Crippen LogP contribution in [0.1, 0.15) is 49.8 Å². The summed E-state index contributed by atoms with van der Waals surface area (Å²) in [5.41, 5.74) is 2.27. The zero-order valence-electron chi connectivity index (χ0n) is 22.0. The Morgan fingerprint density at radius 2 is 1.87 bits per heavy atom. The van der Waals surface area contributed by atoms with Gasteiger partial charge in [0.1, 0.15) is 18.1 Å². The van der Waals surface area contributed by atoms with Crippen molar-refractivity contribution < 1.29 is 19.7 Å². The second kappa shape index (κ2) is 11.1. The van der Waals surface area contributed by atoms with E-state index >= 15 is 0 Å². The van der Waals surface area contributed by atoms with E-state index in [0.29, 0.717) is 35.9 Å². The lowest BCUT2D eigenvalue weighted by Crippen LogP contribution is -2.42. The molecular weight excluding hydrogens is 500 g/mol. The Balaban J connectivity index is 1.29. The largest absolute Gasteiger partial charge is 0.490 e. The third kappa shape index (κ3) is 6.21. The van der Waals surface area contributed by atoms with E-state index in [1.165, 1.54) is 0 Å². The molecule has 3 aromatic rings. The number of fused-ring (bicyclic) bond motifs is 2. The van der Waals surface area contributed by atoms with Crippen LogP contribution in [0.4, 0.5) is 0 Å². The number of aromatic nitrogens is 1. The fourth-order valence-corrected chi connectivity index (χ4v) is 5.24. The highest BCUT2D eigenvalue weighted by Crippen LogP contribution is 2.42. The number of pyridine rings is 1. The molecule has 0 spiro atoms. The summed E-state index contributed by atoms with van der Waals surface area (Å²) in [6.45, 7) is 6.22. The number of aliphatic hydroxyl groups is 2. The molecule has 1 aromatic heterocycles. The molecule has 0 bridgehead atoms. The maximum absolute atomic E-state index is 11.2. The van der Waals surface area contributed by atoms with Crippen molar-refractivity contribution in [1.82, 2.24) is 9.88 Å². The lowest BCUT2D eigenvalue weighted by molar-refractivity contribution is -0.0254. The predicted octanol–water partition coefficient (Wildman–Crippen LogP) is 5.99. The monoisotopic (exact) mass is 534 g/mol. The molecule has 2 aromatic carbocycles. The van der Waals surface area contributed by atoms with Crippen LogP contribution in [-0.4, -0.2) is 51.9 Å². The van der Waals surface area contributed by atoms with Crippen molar-refractivity contribution in [2.45, 2.75) is 50.7 Å². The number of piperidine rings is 1. The Morgan fingerprint density at radius 3 is 2.61 bits per heavy atom. The molecule has 2 N–H and O–H groups in total. The summed E-state index contributed by atoms with van der Waals surface area (Å²) >= 11 is 6.03. The highest BCUT2D eigenvalue weighted by atomic mass is 35.5. The molecule has 0 radical (unpaired) electrons. The molecule has 0 aliphatic carbocycles. The number of nitrogens with zero attached hydrogens (tertiary/aromatic N) is 2. The topological polar surface area (TPSA) is 75.1 Å². The second-order valence-corrected chi connectivity index (χ2v) is 11.3. The zero-order chi connectivity index (χ0) is 26.8. The fraction of sp³-hybridized carbons (Fsp3) is 0.387. The third-order valence-electron chi connectivity index (χ3n) is 7.26. The lowest BCUT2D eigenvalue weighted by atomic mass is 9.84. The lowest BCUT2D eigenvalue weighted by Gasteiger charge is -2.38. The van der Waals surface area contributed by atoms with E-state index in [2.05, 4.69) is 16.0 Å². The van der Waals surface area contributed by atoms with Crippen molar-refractivity contribution in [3.05, 3.63) is 88.6 Å². The second-order valence-electron chi connectivity index (χ2n) is 10.9. The number of hydrogen-bond donors (Lipinski definition) is 2. The Bertz CT molecular complexity index is 1290. The van der Waals surface area contributed by atoms with Gasteiger partial charge in [0.05, 0.1) is 11.2 Å². The first kappa shape index (κ1) is 26.7. The molecule has 1 saturated heterocycles. The SMILES string of the molecule is CC(C)(O)COc1cccc2c1CC(=CCCN1CCC(O)(c3ccc(Cl)cc3)CC1)c1cccnc1O2. The van der Waals surface area contributed by atoms with Crippen LogP contribution >= 0.6 is 11.6 Å². The minimum atomic E-state index is -0.939. The Kier molecular flexibility index (Phi) is 7.78. The van der Waals surface area contributed by atoms with Gasteiger partial charge >= 0.3 is 0 Å². The first-order valence-electron chi connectivity index (χ1n) is 13.2. The molecule has 38 heavy (non-hydrogen) atoms. The van der Waals surface area contributed by atoms with Crippen LogP contribution in [0.2, 0.25) is 5.02 Å². The summed E-state index contributed by atoms with van der Waals surface area (Å²) in [4.78, 5) is 6.91. The smallest absolute Gasteiger partial charge is 0.226 e. The number of hydrogen-bond acceptors (Lipinski definition) is 6. The van der Waals surface area contributed by atoms with Gasteiger partial charge in [-0.05, 0) is 80.6 Å². The number of likely N-dealkylation sites (tertiary alicyclic amines) is 1. The van der Waals surface area contributed by atoms with Crippen molar-refractivity contribution in [2.24, 2.45) is 0 Å². The van der Waals surface area contributed by atoms with Crippen molar-refractivity contribution in [2.75, 3.05) is 26.2 Å². The van der Waals surface area contributed by atoms with Crippen molar-refractivity contribution in [3.63, 3.8) is 0 Å². The first-order valence-corrected chi connectivity index (χ1v) is 13.6. The molecule has 5 rings (SSSR count). The van der Waals surface area contributed by atoms with Crippen molar-refractivity contribution in [1.29, 1.82) is 0 Å². The molecule has 0 unspecified atom stereocenters. The Hall–Kier alpha value is -2.90. The first-order chi connectivity index (χ1) is 18.2. The van der Waals surface area contributed by atoms with Crippen LogP contribution in [0.5, 0.6) is 17.4 Å². The number of rotatable bonds is 7. The fourth-order valence-electron chi connectivity index (χ4n) is 5.11. The van der Waals surface area contributed by atoms with Crippen LogP contribution in [-0.2, 0) is 12.0 Å². The Labute approximate surface area is 229 Å². The minimum absolute atomic E-state index is 0.186. The van der Waals surface area contributed by atoms with Gasteiger partial charge in [-0.3, -0.25) is 0 Å². The van der Waals surface area contributed by atoms with E-state index < -0.39 is 11.2 Å². The molecule has 1 fully saturated rings. The number of ether oxygens (including phenoxy) is 2. The average Bonchev–Trinajstić information content (AvgIpc) is 3.05. The van der Waals surface area contributed by atoms with Gasteiger partial charge in [-0.25, -0.2) is 4.98 Å². The van der Waals surface area contributed by atoms with Gasteiger partial charge in [0.25, 0.3) is 0 Å². The number of halogens is 1. The van der Waals surface area contributed by atoms with Crippen LogP contribution in [0.15, 0.2) is 66.9 Å². The van der Waals surface area contributed by atoms with Crippen LogP contribution in [0.25, 0.3) is 5.57 Å². The molecule has 200 valence electrons. The van der Waals surface area contributed by atoms with E-state index in [-0.39, 0.29) is 6.61 Å². The molecule has 6 nitrogen and oxygen atoms in total. The maximum Gasteiger partial charge on any atom is 0.226 e. The molecule has 0 saturated carbocycles. The standard InChI is InChI=1S/C31H35ClN2O4/c1-30(2,35)21-37-27-8-3-9-28-26(27)20-22(25-7-4-16-33-29(25)38-28)6-5-17-34-18-14-31(36,15-19-34)23-10-12-24(32)13-11-23/h3-4,6-13,16,35-36H,5,14-15,17-21H2,1-2H3. The summed E-state index contributed by atoms with van der Waals surface area (Å²) in [7, 11) is 0. The van der Waals surface area contributed by atoms with Gasteiger partial charge in [-0.1, -0.05) is 35.9 Å². The van der Waals surface area contributed by atoms with Gasteiger partial charge in [-0.2, -0.15) is 0 Å². The minimum Gasteiger partial charge on any atom is -0.490 e. The van der Waals surface area contributed by atoms with Gasteiger partial charge in [0.2, 0.25) is 5.88 Å². The summed E-state index contributed by atoms with van der Waals surface area (Å²) in [6, 6.07) is 17.3. The molecule has 2 aliphatic heterocycles. The van der Waals surface area contributed by atoms with E-state index in [4.69, 9.17) is 21.1 Å². The summed E-state index contributed by atoms with van der Waals surface area (Å²) < 4.78 is 12.2. The van der Waals surface area contributed by atoms with Crippen molar-refractivity contribution >= 4 is 17.2 Å². The summed E-state index contributed by atoms with van der Waals surface area (Å²) in [5, 5.41) is 22.1. The zero-order valence-corrected chi connectivity index (χ0v) is 22.7. The summed E-state index contributed by atoms with van der Waals surface area (Å²) in [5.74, 6) is 2.02. The number of allylic oxidation sites excluding steroid dienone is 1. The summed E-state index contributed by atoms with van der Waals surface area (Å²) in [6.07, 6.45) is 6.91. The molecule has 7 heteroatoms. The molecule has 0 amide bonds. The van der Waals surface area contributed by atoms with E-state index in [9.17, 15) is 10.2 Å². The van der Waals surface area contributed by atoms with Gasteiger partial charge in [0, 0.05) is 48.4 Å². The van der Waals surface area contributed by atoms with E-state index in [1.54, 1.807) is 20.0 Å². The molecule has 3 heterocycles. The molecular formula is C31H35ClN2O4. The quantitative estimate of drug-likeness (QED) is 0.388. The molecule has 0 atom stereocenters. The maximum atomic E-state index is 11.2. The van der Waals surface area contributed by atoms with Gasteiger partial charge in [0.15, 0.2) is 0 Å². The Morgan fingerprint density at radius 1 is 1.11 bits per heavy atom. The molecule has 2 aliphatic rings. The van der Waals surface area contributed by atoms with Gasteiger partial charge in [-0.15, -0.1) is 0 Å². The normalized spacial score (nSPS) is 18.3. The van der Waals surface area contributed by atoms with Crippen LogP contribution in [0.3, 0.4) is 0 Å². The average molecular weight is 535 g/mol. The predicted molar refractivity (Wildman–Crippen MR) is 150 cm³/mol.